The molecule has 1 unspecified atom stereocenters. The van der Waals surface area contributed by atoms with Crippen LogP contribution in [0.5, 0.6) is 0 Å². The molecular weight excluding hydrogens is 254 g/mol. The van der Waals surface area contributed by atoms with Crippen molar-refractivity contribution < 1.29 is 9.90 Å². The molecule has 1 N–H and O–H groups in total. The summed E-state index contributed by atoms with van der Waals surface area (Å²) in [7, 11) is 0. The molecule has 0 bridgehead atoms. The van der Waals surface area contributed by atoms with Gasteiger partial charge >= 0.3 is 5.97 Å². The largest absolute Gasteiger partial charge is 0.481 e. The predicted octanol–water partition coefficient (Wildman–Crippen LogP) is 2.99. The fourth-order valence-corrected chi connectivity index (χ4v) is 4.28. The first-order valence-corrected chi connectivity index (χ1v) is 7.93. The van der Waals surface area contributed by atoms with Gasteiger partial charge in [-0.15, -0.1) is 11.3 Å². The number of thiazole rings is 1. The number of thioether (sulfide) groups is 1. The van der Waals surface area contributed by atoms with Crippen molar-refractivity contribution in [1.29, 1.82) is 0 Å². The van der Waals surface area contributed by atoms with Crippen LogP contribution in [0.1, 0.15) is 36.4 Å². The van der Waals surface area contributed by atoms with Gasteiger partial charge in [0.2, 0.25) is 0 Å². The lowest BCUT2D eigenvalue weighted by atomic mass is 10.1. The van der Waals surface area contributed by atoms with E-state index in [4.69, 9.17) is 5.11 Å². The third-order valence-electron chi connectivity index (χ3n) is 2.87. The molecule has 1 saturated heterocycles. The van der Waals surface area contributed by atoms with E-state index in [0.717, 1.165) is 17.4 Å². The molecule has 1 atom stereocenters. The van der Waals surface area contributed by atoms with Gasteiger partial charge in [-0.2, -0.15) is 11.8 Å². The number of nitrogens with zero attached hydrogens (tertiary/aromatic N) is 1. The van der Waals surface area contributed by atoms with Gasteiger partial charge in [0.15, 0.2) is 0 Å². The maximum atomic E-state index is 10.5. The van der Waals surface area contributed by atoms with Crippen LogP contribution >= 0.6 is 23.1 Å². The molecule has 3 nitrogen and oxygen atoms in total. The minimum atomic E-state index is -0.748. The maximum absolute atomic E-state index is 10.5. The zero-order valence-electron chi connectivity index (χ0n) is 9.72. The Balaban J connectivity index is 1.82. The SMILES string of the molecule is O=C(O)CCc1csc(CC2CCCCS2)n1. The van der Waals surface area contributed by atoms with Crippen molar-refractivity contribution in [3.8, 4) is 0 Å². The molecule has 0 aliphatic carbocycles. The number of hydrogen-bond donors (Lipinski definition) is 1. The Morgan fingerprint density at radius 3 is 3.12 bits per heavy atom. The van der Waals surface area contributed by atoms with Crippen molar-refractivity contribution >= 4 is 29.1 Å². The Morgan fingerprint density at radius 1 is 1.53 bits per heavy atom. The van der Waals surface area contributed by atoms with Gasteiger partial charge in [0.1, 0.15) is 0 Å². The van der Waals surface area contributed by atoms with Crippen molar-refractivity contribution in [1.82, 2.24) is 4.98 Å². The number of hydrogen-bond acceptors (Lipinski definition) is 4. The molecule has 1 aliphatic rings. The second kappa shape index (κ2) is 6.40. The summed E-state index contributed by atoms with van der Waals surface area (Å²) in [6, 6.07) is 0. The van der Waals surface area contributed by atoms with Crippen LogP contribution in [0.15, 0.2) is 5.38 Å². The molecule has 0 radical (unpaired) electrons. The highest BCUT2D eigenvalue weighted by molar-refractivity contribution is 7.99. The second-order valence-corrected chi connectivity index (χ2v) is 6.67. The zero-order valence-corrected chi connectivity index (χ0v) is 11.4. The number of carboxylic acids is 1. The summed E-state index contributed by atoms with van der Waals surface area (Å²) in [5, 5.41) is 12.5. The van der Waals surface area contributed by atoms with Crippen LogP contribution in [-0.2, 0) is 17.6 Å². The van der Waals surface area contributed by atoms with Gasteiger partial charge in [0.05, 0.1) is 17.1 Å². The Bertz CT molecular complexity index is 372. The lowest BCUT2D eigenvalue weighted by Crippen LogP contribution is -2.12. The van der Waals surface area contributed by atoms with Crippen LogP contribution in [0, 0.1) is 0 Å². The number of carbonyl (C=O) groups is 1. The monoisotopic (exact) mass is 271 g/mol. The van der Waals surface area contributed by atoms with Crippen molar-refractivity contribution in [3.63, 3.8) is 0 Å². The van der Waals surface area contributed by atoms with Crippen LogP contribution in [0.2, 0.25) is 0 Å². The van der Waals surface area contributed by atoms with Crippen LogP contribution in [-0.4, -0.2) is 27.1 Å². The first-order chi connectivity index (χ1) is 8.24. The zero-order chi connectivity index (χ0) is 12.1. The predicted molar refractivity (Wildman–Crippen MR) is 71.9 cm³/mol. The minimum Gasteiger partial charge on any atom is -0.481 e. The standard InChI is InChI=1S/C12H17NO2S2/c14-12(15)5-4-9-8-17-11(13-9)7-10-3-1-2-6-16-10/h8,10H,1-7H2,(H,14,15). The molecule has 0 saturated carbocycles. The number of carboxylic acid groups (broad SMARTS) is 1. The molecule has 1 aromatic rings. The van der Waals surface area contributed by atoms with E-state index >= 15 is 0 Å². The first-order valence-electron chi connectivity index (χ1n) is 6.00. The molecule has 1 aliphatic heterocycles. The third-order valence-corrected chi connectivity index (χ3v) is 5.19. The van der Waals surface area contributed by atoms with Gasteiger partial charge in [0, 0.05) is 23.5 Å². The van der Waals surface area contributed by atoms with Crippen molar-refractivity contribution in [2.45, 2.75) is 43.8 Å². The van der Waals surface area contributed by atoms with Crippen LogP contribution in [0.25, 0.3) is 0 Å². The minimum absolute atomic E-state index is 0.182. The quantitative estimate of drug-likeness (QED) is 0.894. The maximum Gasteiger partial charge on any atom is 0.303 e. The van der Waals surface area contributed by atoms with Crippen LogP contribution in [0.3, 0.4) is 0 Å². The second-order valence-electron chi connectivity index (χ2n) is 4.32. The van der Waals surface area contributed by atoms with Crippen molar-refractivity contribution in [2.24, 2.45) is 0 Å². The summed E-state index contributed by atoms with van der Waals surface area (Å²) in [4.78, 5) is 15.0. The summed E-state index contributed by atoms with van der Waals surface area (Å²) >= 11 is 3.74. The topological polar surface area (TPSA) is 50.2 Å². The summed E-state index contributed by atoms with van der Waals surface area (Å²) in [6.45, 7) is 0. The van der Waals surface area contributed by atoms with E-state index in [1.807, 2.05) is 5.38 Å². The highest BCUT2D eigenvalue weighted by atomic mass is 32.2. The molecule has 94 valence electrons. The van der Waals surface area contributed by atoms with Gasteiger partial charge in [-0.25, -0.2) is 4.98 Å². The highest BCUT2D eigenvalue weighted by Gasteiger charge is 2.16. The third kappa shape index (κ3) is 4.32. The summed E-state index contributed by atoms with van der Waals surface area (Å²) < 4.78 is 0. The van der Waals surface area contributed by atoms with Crippen LogP contribution in [0.4, 0.5) is 0 Å². The highest BCUT2D eigenvalue weighted by Crippen LogP contribution is 2.28. The number of aromatic nitrogens is 1. The molecule has 0 amide bonds. The molecule has 1 aromatic heterocycles. The van der Waals surface area contributed by atoms with Crippen LogP contribution < -0.4 is 0 Å². The van der Waals surface area contributed by atoms with Gasteiger partial charge in [0.25, 0.3) is 0 Å². The number of aryl methyl sites for hydroxylation is 1. The lowest BCUT2D eigenvalue weighted by molar-refractivity contribution is -0.136. The summed E-state index contributed by atoms with van der Waals surface area (Å²) in [6.07, 6.45) is 5.79. The van der Waals surface area contributed by atoms with E-state index < -0.39 is 5.97 Å². The van der Waals surface area contributed by atoms with Gasteiger partial charge < -0.3 is 5.11 Å². The lowest BCUT2D eigenvalue weighted by Gasteiger charge is -2.19. The molecule has 0 aromatic carbocycles. The molecule has 1 fully saturated rings. The van der Waals surface area contributed by atoms with E-state index in [1.165, 1.54) is 30.0 Å². The number of rotatable bonds is 5. The Labute approximate surface area is 110 Å². The van der Waals surface area contributed by atoms with Gasteiger partial charge in [-0.1, -0.05) is 6.42 Å². The van der Waals surface area contributed by atoms with E-state index in [0.29, 0.717) is 6.42 Å². The molecule has 2 rings (SSSR count). The summed E-state index contributed by atoms with van der Waals surface area (Å²) in [5.74, 6) is 0.532. The first kappa shape index (κ1) is 12.9. The normalized spacial score (nSPS) is 20.4. The smallest absolute Gasteiger partial charge is 0.303 e. The molecule has 2 heterocycles. The Hall–Kier alpha value is -0.550. The number of aliphatic carboxylic acids is 1. The molecule has 17 heavy (non-hydrogen) atoms. The van der Waals surface area contributed by atoms with Crippen molar-refractivity contribution in [3.05, 3.63) is 16.1 Å². The van der Waals surface area contributed by atoms with E-state index in [-0.39, 0.29) is 6.42 Å². The van der Waals surface area contributed by atoms with E-state index in [2.05, 4.69) is 16.7 Å². The fourth-order valence-electron chi connectivity index (χ4n) is 1.96. The van der Waals surface area contributed by atoms with Crippen molar-refractivity contribution in [2.75, 3.05) is 5.75 Å². The molecular formula is C12H17NO2S2. The Morgan fingerprint density at radius 2 is 2.41 bits per heavy atom. The van der Waals surface area contributed by atoms with Gasteiger partial charge in [-0.05, 0) is 18.6 Å². The Kier molecular flexibility index (Phi) is 4.86. The summed E-state index contributed by atoms with van der Waals surface area (Å²) in [5.41, 5.74) is 0.938. The van der Waals surface area contributed by atoms with E-state index in [1.54, 1.807) is 11.3 Å². The molecule has 0 spiro atoms. The van der Waals surface area contributed by atoms with E-state index in [9.17, 15) is 4.79 Å². The fraction of sp³-hybridized carbons (Fsp3) is 0.667. The average molecular weight is 271 g/mol. The molecule has 5 heteroatoms. The average Bonchev–Trinajstić information content (AvgIpc) is 2.75. The van der Waals surface area contributed by atoms with Gasteiger partial charge in [-0.3, -0.25) is 4.79 Å².